The van der Waals surface area contributed by atoms with E-state index in [0.717, 1.165) is 37.2 Å². The highest BCUT2D eigenvalue weighted by atomic mass is 19.1. The first kappa shape index (κ1) is 23.6. The Morgan fingerprint density at radius 3 is 2.50 bits per heavy atom. The Bertz CT molecular complexity index is 1200. The topological polar surface area (TPSA) is 76.5 Å². The van der Waals surface area contributed by atoms with Gasteiger partial charge in [-0.15, -0.1) is 0 Å². The van der Waals surface area contributed by atoms with Crippen molar-refractivity contribution in [2.75, 3.05) is 26.7 Å². The number of nitrogens with one attached hydrogen (secondary N) is 1. The van der Waals surface area contributed by atoms with Crippen molar-refractivity contribution in [1.29, 1.82) is 0 Å². The quantitative estimate of drug-likeness (QED) is 0.578. The fourth-order valence-electron chi connectivity index (χ4n) is 4.36. The molecule has 0 saturated carbocycles. The van der Waals surface area contributed by atoms with Crippen LogP contribution in [0.1, 0.15) is 47.1 Å². The highest BCUT2D eigenvalue weighted by Gasteiger charge is 2.24. The first-order chi connectivity index (χ1) is 16.5. The van der Waals surface area contributed by atoms with Crippen molar-refractivity contribution in [3.8, 4) is 11.4 Å². The zero-order chi connectivity index (χ0) is 24.1. The molecular weight excluding hydrogens is 435 g/mol. The van der Waals surface area contributed by atoms with Crippen molar-refractivity contribution >= 4 is 5.91 Å². The maximum absolute atomic E-state index is 14.3. The molecule has 1 N–H and O–H groups in total. The van der Waals surface area contributed by atoms with Crippen LogP contribution in [0.15, 0.2) is 59.4 Å². The standard InChI is InChI=1S/C26H29FN4O3/c1-18-16-24(32)25(29-31(18)22-9-5-4-8-21(22)27)26(33)28-17-23(30-14-6-3-7-15-30)19-10-12-20(34-2)13-11-19/h4-5,8-13,16,23H,3,6-7,14-15,17H2,1-2H3,(H,28,33). The van der Waals surface area contributed by atoms with Gasteiger partial charge in [0.2, 0.25) is 5.43 Å². The molecule has 178 valence electrons. The van der Waals surface area contributed by atoms with E-state index in [1.165, 1.54) is 23.2 Å². The molecule has 1 aromatic heterocycles. The Hall–Kier alpha value is -3.52. The lowest BCUT2D eigenvalue weighted by Gasteiger charge is -2.35. The molecule has 0 bridgehead atoms. The lowest BCUT2D eigenvalue weighted by Crippen LogP contribution is -2.42. The van der Waals surface area contributed by atoms with Gasteiger partial charge in [0.15, 0.2) is 5.69 Å². The Labute approximate surface area is 198 Å². The van der Waals surface area contributed by atoms with Gasteiger partial charge in [-0.1, -0.05) is 30.7 Å². The Morgan fingerprint density at radius 2 is 1.82 bits per heavy atom. The molecule has 4 rings (SSSR count). The number of nitrogens with zero attached hydrogens (tertiary/aromatic N) is 3. The van der Waals surface area contributed by atoms with E-state index < -0.39 is 17.2 Å². The number of carbonyl (C=O) groups is 1. The summed E-state index contributed by atoms with van der Waals surface area (Å²) >= 11 is 0. The molecule has 2 aromatic carbocycles. The van der Waals surface area contributed by atoms with Gasteiger partial charge in [-0.25, -0.2) is 9.07 Å². The first-order valence-corrected chi connectivity index (χ1v) is 11.5. The van der Waals surface area contributed by atoms with Crippen molar-refractivity contribution in [3.05, 3.63) is 87.6 Å². The van der Waals surface area contributed by atoms with Gasteiger partial charge >= 0.3 is 0 Å². The summed E-state index contributed by atoms with van der Waals surface area (Å²) in [6.07, 6.45) is 3.40. The fourth-order valence-corrected chi connectivity index (χ4v) is 4.36. The van der Waals surface area contributed by atoms with E-state index in [0.29, 0.717) is 12.2 Å². The summed E-state index contributed by atoms with van der Waals surface area (Å²) in [6.45, 7) is 3.85. The third kappa shape index (κ3) is 5.17. The van der Waals surface area contributed by atoms with Crippen LogP contribution in [-0.2, 0) is 0 Å². The molecule has 1 fully saturated rings. The predicted octanol–water partition coefficient (Wildman–Crippen LogP) is 3.65. The van der Waals surface area contributed by atoms with Crippen molar-refractivity contribution in [3.63, 3.8) is 0 Å². The van der Waals surface area contributed by atoms with Crippen LogP contribution in [0.5, 0.6) is 5.75 Å². The van der Waals surface area contributed by atoms with Crippen molar-refractivity contribution in [1.82, 2.24) is 20.0 Å². The molecule has 8 heteroatoms. The normalized spacial score (nSPS) is 15.0. The molecule has 1 aliphatic heterocycles. The summed E-state index contributed by atoms with van der Waals surface area (Å²) in [5.74, 6) is -0.300. The van der Waals surface area contributed by atoms with Gasteiger partial charge in [0.25, 0.3) is 5.91 Å². The third-order valence-corrected chi connectivity index (χ3v) is 6.19. The van der Waals surface area contributed by atoms with Crippen LogP contribution in [0.3, 0.4) is 0 Å². The summed E-state index contributed by atoms with van der Waals surface area (Å²) in [4.78, 5) is 28.0. The van der Waals surface area contributed by atoms with Gasteiger partial charge in [0, 0.05) is 18.3 Å². The van der Waals surface area contributed by atoms with Crippen LogP contribution in [0.2, 0.25) is 0 Å². The Kier molecular flexibility index (Phi) is 7.37. The van der Waals surface area contributed by atoms with Crippen LogP contribution in [0.4, 0.5) is 4.39 Å². The minimum atomic E-state index is -0.578. The number of halogens is 1. The summed E-state index contributed by atoms with van der Waals surface area (Å²) in [6, 6.07) is 15.2. The molecule has 1 amide bonds. The molecule has 0 radical (unpaired) electrons. The lowest BCUT2D eigenvalue weighted by molar-refractivity contribution is 0.0916. The largest absolute Gasteiger partial charge is 0.497 e. The number of rotatable bonds is 7. The highest BCUT2D eigenvalue weighted by molar-refractivity contribution is 5.92. The maximum Gasteiger partial charge on any atom is 0.275 e. The number of hydrogen-bond donors (Lipinski definition) is 1. The molecule has 0 spiro atoms. The molecule has 1 aliphatic rings. The number of aryl methyl sites for hydroxylation is 1. The number of amides is 1. The summed E-state index contributed by atoms with van der Waals surface area (Å²) < 4.78 is 20.9. The first-order valence-electron chi connectivity index (χ1n) is 11.5. The number of ether oxygens (including phenoxy) is 1. The monoisotopic (exact) mass is 464 g/mol. The van der Waals surface area contributed by atoms with Crippen LogP contribution in [0, 0.1) is 12.7 Å². The number of aromatic nitrogens is 2. The SMILES string of the molecule is COc1ccc(C(CNC(=O)c2nn(-c3ccccc3F)c(C)cc2=O)N2CCCCC2)cc1. The number of carbonyl (C=O) groups excluding carboxylic acids is 1. The van der Waals surface area contributed by atoms with Crippen LogP contribution in [0.25, 0.3) is 5.69 Å². The number of para-hydroxylation sites is 1. The van der Waals surface area contributed by atoms with E-state index in [1.54, 1.807) is 32.2 Å². The van der Waals surface area contributed by atoms with Crippen molar-refractivity contribution < 1.29 is 13.9 Å². The molecule has 1 unspecified atom stereocenters. The maximum atomic E-state index is 14.3. The average Bonchev–Trinajstić information content (AvgIpc) is 2.86. The molecular formula is C26H29FN4O3. The number of piperidine rings is 1. The van der Waals surface area contributed by atoms with Crippen molar-refractivity contribution in [2.24, 2.45) is 0 Å². The predicted molar refractivity (Wildman–Crippen MR) is 128 cm³/mol. The van der Waals surface area contributed by atoms with Crippen LogP contribution in [-0.4, -0.2) is 47.3 Å². The van der Waals surface area contributed by atoms with E-state index in [-0.39, 0.29) is 17.4 Å². The highest BCUT2D eigenvalue weighted by Crippen LogP contribution is 2.26. The van der Waals surface area contributed by atoms with Gasteiger partial charge in [-0.2, -0.15) is 5.10 Å². The van der Waals surface area contributed by atoms with E-state index in [9.17, 15) is 14.0 Å². The average molecular weight is 465 g/mol. The fraction of sp³-hybridized carbons (Fsp3) is 0.346. The molecule has 1 atom stereocenters. The van der Waals surface area contributed by atoms with Gasteiger partial charge < -0.3 is 10.1 Å². The zero-order valence-corrected chi connectivity index (χ0v) is 19.5. The Morgan fingerprint density at radius 1 is 1.12 bits per heavy atom. The lowest BCUT2D eigenvalue weighted by atomic mass is 10.0. The summed E-state index contributed by atoms with van der Waals surface area (Å²) in [5, 5.41) is 7.11. The number of likely N-dealkylation sites (tertiary alicyclic amines) is 1. The van der Waals surface area contributed by atoms with Gasteiger partial charge in [-0.05, 0) is 62.7 Å². The minimum absolute atomic E-state index is 0.0469. The summed E-state index contributed by atoms with van der Waals surface area (Å²) in [7, 11) is 1.63. The smallest absolute Gasteiger partial charge is 0.275 e. The molecule has 0 aliphatic carbocycles. The second-order valence-electron chi connectivity index (χ2n) is 8.46. The molecule has 2 heterocycles. The summed E-state index contributed by atoms with van der Waals surface area (Å²) in [5.41, 5.74) is 0.917. The third-order valence-electron chi connectivity index (χ3n) is 6.19. The van der Waals surface area contributed by atoms with Gasteiger partial charge in [-0.3, -0.25) is 14.5 Å². The number of methoxy groups -OCH3 is 1. The number of benzene rings is 2. The van der Waals surface area contributed by atoms with E-state index in [4.69, 9.17) is 4.74 Å². The minimum Gasteiger partial charge on any atom is -0.497 e. The zero-order valence-electron chi connectivity index (χ0n) is 19.5. The second-order valence-corrected chi connectivity index (χ2v) is 8.46. The van der Waals surface area contributed by atoms with Gasteiger partial charge in [0.05, 0.1) is 13.2 Å². The van der Waals surface area contributed by atoms with E-state index in [2.05, 4.69) is 15.3 Å². The van der Waals surface area contributed by atoms with Crippen LogP contribution < -0.4 is 15.5 Å². The molecule has 3 aromatic rings. The van der Waals surface area contributed by atoms with E-state index in [1.807, 2.05) is 24.3 Å². The Balaban J connectivity index is 1.58. The molecule has 34 heavy (non-hydrogen) atoms. The van der Waals surface area contributed by atoms with Crippen molar-refractivity contribution in [2.45, 2.75) is 32.2 Å². The molecule has 1 saturated heterocycles. The van der Waals surface area contributed by atoms with Crippen LogP contribution >= 0.6 is 0 Å². The number of hydrogen-bond acceptors (Lipinski definition) is 5. The van der Waals surface area contributed by atoms with Gasteiger partial charge in [0.1, 0.15) is 17.3 Å². The van der Waals surface area contributed by atoms with E-state index >= 15 is 0 Å². The second kappa shape index (κ2) is 10.6. The molecule has 7 nitrogen and oxygen atoms in total.